The van der Waals surface area contributed by atoms with E-state index < -0.39 is 5.82 Å². The number of oxime groups is 1. The molecule has 0 bridgehead atoms. The maximum atomic E-state index is 13.5. The molecule has 19 heavy (non-hydrogen) atoms. The molecule has 1 heterocycles. The molecule has 2 rings (SSSR count). The van der Waals surface area contributed by atoms with E-state index >= 15 is 0 Å². The summed E-state index contributed by atoms with van der Waals surface area (Å²) in [7, 11) is 0. The first-order valence-electron chi connectivity index (χ1n) is 5.93. The van der Waals surface area contributed by atoms with Crippen molar-refractivity contribution in [1.29, 1.82) is 0 Å². The van der Waals surface area contributed by atoms with Crippen LogP contribution in [0.3, 0.4) is 0 Å². The van der Waals surface area contributed by atoms with E-state index in [9.17, 15) is 4.39 Å². The van der Waals surface area contributed by atoms with E-state index in [1.807, 2.05) is 13.8 Å². The third-order valence-corrected chi connectivity index (χ3v) is 2.49. The zero-order valence-corrected chi connectivity index (χ0v) is 10.8. The van der Waals surface area contributed by atoms with E-state index in [4.69, 9.17) is 9.25 Å². The third-order valence-electron chi connectivity index (χ3n) is 2.49. The smallest absolute Gasteiger partial charge is 0.257 e. The van der Waals surface area contributed by atoms with Crippen LogP contribution in [0.25, 0.3) is 11.5 Å². The van der Waals surface area contributed by atoms with Gasteiger partial charge in [0.15, 0.2) is 6.61 Å². The second-order valence-electron chi connectivity index (χ2n) is 3.93. The minimum absolute atomic E-state index is 0.0682. The van der Waals surface area contributed by atoms with Crippen LogP contribution < -0.4 is 0 Å². The molecule has 0 aliphatic heterocycles. The Morgan fingerprint density at radius 3 is 2.89 bits per heavy atom. The molecule has 2 aromatic rings. The molecule has 0 amide bonds. The highest BCUT2D eigenvalue weighted by Crippen LogP contribution is 2.20. The minimum atomic E-state index is -0.404. The van der Waals surface area contributed by atoms with Crippen molar-refractivity contribution in [1.82, 2.24) is 10.2 Å². The van der Waals surface area contributed by atoms with Crippen LogP contribution in [0.1, 0.15) is 26.2 Å². The topological polar surface area (TPSA) is 60.5 Å². The van der Waals surface area contributed by atoms with Crippen molar-refractivity contribution < 1.29 is 13.6 Å². The summed E-state index contributed by atoms with van der Waals surface area (Å²) >= 11 is 0. The SMILES string of the molecule is CCC(C)=NOCc1nnc(-c2ccccc2F)o1. The highest BCUT2D eigenvalue weighted by Gasteiger charge is 2.12. The van der Waals surface area contributed by atoms with Crippen molar-refractivity contribution >= 4 is 5.71 Å². The van der Waals surface area contributed by atoms with Gasteiger partial charge in [-0.05, 0) is 25.5 Å². The molecular weight excluding hydrogens is 249 g/mol. The molecule has 1 aromatic carbocycles. The molecule has 100 valence electrons. The van der Waals surface area contributed by atoms with Crippen molar-refractivity contribution in [3.63, 3.8) is 0 Å². The molecule has 0 radical (unpaired) electrons. The molecular formula is C13H14FN3O2. The Bertz CT molecular complexity index is 581. The van der Waals surface area contributed by atoms with E-state index in [0.29, 0.717) is 0 Å². The predicted molar refractivity (Wildman–Crippen MR) is 67.9 cm³/mol. The van der Waals surface area contributed by atoms with Crippen LogP contribution in [0, 0.1) is 5.82 Å². The molecule has 6 heteroatoms. The quantitative estimate of drug-likeness (QED) is 0.614. The van der Waals surface area contributed by atoms with Gasteiger partial charge in [-0.3, -0.25) is 0 Å². The molecule has 1 aromatic heterocycles. The van der Waals surface area contributed by atoms with Crippen LogP contribution in [0.5, 0.6) is 0 Å². The molecule has 0 spiro atoms. The number of aromatic nitrogens is 2. The number of hydrogen-bond acceptors (Lipinski definition) is 5. The maximum Gasteiger partial charge on any atom is 0.257 e. The fourth-order valence-corrected chi connectivity index (χ4v) is 1.32. The molecule has 0 aliphatic carbocycles. The first kappa shape index (κ1) is 13.2. The van der Waals surface area contributed by atoms with Crippen molar-refractivity contribution in [2.24, 2.45) is 5.16 Å². The summed E-state index contributed by atoms with van der Waals surface area (Å²) in [4.78, 5) is 5.05. The Hall–Kier alpha value is -2.24. The van der Waals surface area contributed by atoms with Gasteiger partial charge in [0, 0.05) is 0 Å². The largest absolute Gasteiger partial charge is 0.417 e. The second-order valence-corrected chi connectivity index (χ2v) is 3.93. The van der Waals surface area contributed by atoms with Gasteiger partial charge in [0.1, 0.15) is 5.82 Å². The summed E-state index contributed by atoms with van der Waals surface area (Å²) in [5.74, 6) is -0.0164. The standard InChI is InChI=1S/C13H14FN3O2/c1-3-9(2)17-18-8-12-15-16-13(19-12)10-6-4-5-7-11(10)14/h4-7H,3,8H2,1-2H3. The highest BCUT2D eigenvalue weighted by molar-refractivity contribution is 5.80. The second kappa shape index (κ2) is 6.08. The number of nitrogens with zero attached hydrogens (tertiary/aromatic N) is 3. The average Bonchev–Trinajstić information content (AvgIpc) is 2.87. The van der Waals surface area contributed by atoms with Crippen molar-refractivity contribution in [2.45, 2.75) is 26.9 Å². The fourth-order valence-electron chi connectivity index (χ4n) is 1.32. The first-order chi connectivity index (χ1) is 9.20. The van der Waals surface area contributed by atoms with Crippen LogP contribution in [0.4, 0.5) is 4.39 Å². The Balaban J connectivity index is 2.06. The first-order valence-corrected chi connectivity index (χ1v) is 5.93. The number of benzene rings is 1. The van der Waals surface area contributed by atoms with Gasteiger partial charge in [-0.2, -0.15) is 0 Å². The Morgan fingerprint density at radius 2 is 2.16 bits per heavy atom. The lowest BCUT2D eigenvalue weighted by molar-refractivity contribution is 0.110. The van der Waals surface area contributed by atoms with E-state index in [2.05, 4.69) is 15.4 Å². The molecule has 0 saturated carbocycles. The lowest BCUT2D eigenvalue weighted by atomic mass is 10.2. The van der Waals surface area contributed by atoms with E-state index in [-0.39, 0.29) is 24.0 Å². The molecule has 0 unspecified atom stereocenters. The van der Waals surface area contributed by atoms with Crippen LogP contribution in [-0.4, -0.2) is 15.9 Å². The molecule has 0 atom stereocenters. The van der Waals surface area contributed by atoms with E-state index in [0.717, 1.165) is 12.1 Å². The molecule has 0 aliphatic rings. The zero-order chi connectivity index (χ0) is 13.7. The van der Waals surface area contributed by atoms with Gasteiger partial charge >= 0.3 is 0 Å². The van der Waals surface area contributed by atoms with Crippen molar-refractivity contribution in [2.75, 3.05) is 0 Å². The van der Waals surface area contributed by atoms with Crippen molar-refractivity contribution in [3.8, 4) is 11.5 Å². The average molecular weight is 263 g/mol. The zero-order valence-electron chi connectivity index (χ0n) is 10.8. The summed E-state index contributed by atoms with van der Waals surface area (Å²) in [6, 6.07) is 6.21. The summed E-state index contributed by atoms with van der Waals surface area (Å²) < 4.78 is 18.8. The lowest BCUT2D eigenvalue weighted by Crippen LogP contribution is -1.92. The summed E-state index contributed by atoms with van der Waals surface area (Å²) in [5.41, 5.74) is 1.14. The normalized spacial score (nSPS) is 11.6. The van der Waals surface area contributed by atoms with Gasteiger partial charge in [0.05, 0.1) is 11.3 Å². The minimum Gasteiger partial charge on any atom is -0.417 e. The van der Waals surface area contributed by atoms with Gasteiger partial charge in [-0.15, -0.1) is 10.2 Å². The summed E-state index contributed by atoms with van der Waals surface area (Å²) in [6.45, 7) is 3.91. The van der Waals surface area contributed by atoms with Gasteiger partial charge in [-0.1, -0.05) is 24.2 Å². The highest BCUT2D eigenvalue weighted by atomic mass is 19.1. The molecule has 5 nitrogen and oxygen atoms in total. The van der Waals surface area contributed by atoms with Gasteiger partial charge in [-0.25, -0.2) is 4.39 Å². The van der Waals surface area contributed by atoms with Crippen molar-refractivity contribution in [3.05, 3.63) is 36.0 Å². The predicted octanol–water partition coefficient (Wildman–Crippen LogP) is 3.18. The number of hydrogen-bond donors (Lipinski definition) is 0. The lowest BCUT2D eigenvalue weighted by Gasteiger charge is -1.97. The Morgan fingerprint density at radius 1 is 1.37 bits per heavy atom. The Labute approximate surface area is 110 Å². The summed E-state index contributed by atoms with van der Waals surface area (Å²) in [5, 5.41) is 11.4. The molecule has 0 fully saturated rings. The third kappa shape index (κ3) is 3.37. The van der Waals surface area contributed by atoms with E-state index in [1.54, 1.807) is 18.2 Å². The van der Waals surface area contributed by atoms with Gasteiger partial charge in [0.2, 0.25) is 0 Å². The van der Waals surface area contributed by atoms with Crippen LogP contribution in [-0.2, 0) is 11.4 Å². The summed E-state index contributed by atoms with van der Waals surface area (Å²) in [6.07, 6.45) is 0.810. The van der Waals surface area contributed by atoms with Crippen LogP contribution in [0.2, 0.25) is 0 Å². The van der Waals surface area contributed by atoms with Gasteiger partial charge < -0.3 is 9.25 Å². The maximum absolute atomic E-state index is 13.5. The van der Waals surface area contributed by atoms with Crippen LogP contribution >= 0.6 is 0 Å². The van der Waals surface area contributed by atoms with Crippen LogP contribution in [0.15, 0.2) is 33.8 Å². The Kier molecular flexibility index (Phi) is 4.22. The number of halogens is 1. The monoisotopic (exact) mass is 263 g/mol. The number of rotatable bonds is 5. The fraction of sp³-hybridized carbons (Fsp3) is 0.308. The van der Waals surface area contributed by atoms with E-state index in [1.165, 1.54) is 6.07 Å². The van der Waals surface area contributed by atoms with Gasteiger partial charge in [0.25, 0.3) is 11.8 Å². The molecule has 0 N–H and O–H groups in total. The molecule has 0 saturated heterocycles.